The molecule has 1 aliphatic heterocycles. The average molecular weight is 296 g/mol. The predicted octanol–water partition coefficient (Wildman–Crippen LogP) is 1.98. The number of nitrogens with zero attached hydrogens (tertiary/aromatic N) is 1. The van der Waals surface area contributed by atoms with Crippen molar-refractivity contribution in [2.24, 2.45) is 0 Å². The molecule has 1 atom stereocenters. The van der Waals surface area contributed by atoms with Gasteiger partial charge in [-0.1, -0.05) is 0 Å². The minimum atomic E-state index is -0.442. The molecule has 0 radical (unpaired) electrons. The van der Waals surface area contributed by atoms with Gasteiger partial charge in [-0.2, -0.15) is 0 Å². The van der Waals surface area contributed by atoms with Gasteiger partial charge in [0.2, 0.25) is 5.91 Å². The van der Waals surface area contributed by atoms with E-state index in [1.165, 1.54) is 23.9 Å². The number of thioether (sulfide) groups is 1. The molecule has 1 heterocycles. The molecule has 0 aromatic heterocycles. The zero-order valence-corrected chi connectivity index (χ0v) is 11.7. The maximum absolute atomic E-state index is 11.7. The lowest BCUT2D eigenvalue weighted by Crippen LogP contribution is -2.32. The van der Waals surface area contributed by atoms with Crippen molar-refractivity contribution in [1.82, 2.24) is 5.32 Å². The van der Waals surface area contributed by atoms with E-state index >= 15 is 0 Å². The highest BCUT2D eigenvalue weighted by Gasteiger charge is 2.16. The molecule has 1 aliphatic rings. The molecule has 0 spiro atoms. The summed E-state index contributed by atoms with van der Waals surface area (Å²) >= 11 is 1.36. The van der Waals surface area contributed by atoms with Gasteiger partial charge in [0, 0.05) is 30.2 Å². The van der Waals surface area contributed by atoms with Crippen molar-refractivity contribution in [3.05, 3.63) is 34.4 Å². The first-order chi connectivity index (χ1) is 9.65. The van der Waals surface area contributed by atoms with E-state index in [0.29, 0.717) is 12.3 Å². The standard InChI is InChI=1S/C13H16N2O4S/c16-13(14-8-11-2-1-7-19-11)9-20-12-5-3-10(4-6-12)15(17)18/h3-6,11H,1-2,7-9H2,(H,14,16)/t11-/m1/s1. The van der Waals surface area contributed by atoms with Crippen LogP contribution in [0.25, 0.3) is 0 Å². The number of nitro benzene ring substituents is 1. The number of hydrogen-bond acceptors (Lipinski definition) is 5. The summed E-state index contributed by atoms with van der Waals surface area (Å²) in [6.07, 6.45) is 2.19. The van der Waals surface area contributed by atoms with Crippen LogP contribution in [0.4, 0.5) is 5.69 Å². The zero-order chi connectivity index (χ0) is 14.4. The fourth-order valence-corrected chi connectivity index (χ4v) is 2.63. The molecule has 0 saturated carbocycles. The molecule has 1 N–H and O–H groups in total. The Morgan fingerprint density at radius 2 is 2.20 bits per heavy atom. The fourth-order valence-electron chi connectivity index (χ4n) is 1.90. The summed E-state index contributed by atoms with van der Waals surface area (Å²) < 4.78 is 5.42. The minimum Gasteiger partial charge on any atom is -0.376 e. The lowest BCUT2D eigenvalue weighted by molar-refractivity contribution is -0.384. The third kappa shape index (κ3) is 4.50. The Morgan fingerprint density at radius 1 is 1.45 bits per heavy atom. The Balaban J connectivity index is 1.70. The maximum atomic E-state index is 11.7. The zero-order valence-electron chi connectivity index (χ0n) is 10.9. The average Bonchev–Trinajstić information content (AvgIpc) is 2.96. The number of hydrogen-bond donors (Lipinski definition) is 1. The molecule has 0 bridgehead atoms. The van der Waals surface area contributed by atoms with Crippen LogP contribution in [0.1, 0.15) is 12.8 Å². The molecule has 7 heteroatoms. The van der Waals surface area contributed by atoms with Gasteiger partial charge in [-0.25, -0.2) is 0 Å². The van der Waals surface area contributed by atoms with Crippen molar-refractivity contribution >= 4 is 23.4 Å². The molecule has 108 valence electrons. The van der Waals surface area contributed by atoms with Crippen LogP contribution in [0.3, 0.4) is 0 Å². The number of nitro groups is 1. The van der Waals surface area contributed by atoms with Gasteiger partial charge in [-0.05, 0) is 25.0 Å². The Labute approximate surface area is 121 Å². The first kappa shape index (κ1) is 14.8. The fraction of sp³-hybridized carbons (Fsp3) is 0.462. The second kappa shape index (κ2) is 7.25. The Bertz CT molecular complexity index is 472. The van der Waals surface area contributed by atoms with E-state index in [4.69, 9.17) is 4.74 Å². The van der Waals surface area contributed by atoms with Crippen molar-refractivity contribution in [3.63, 3.8) is 0 Å². The largest absolute Gasteiger partial charge is 0.376 e. The number of carbonyl (C=O) groups is 1. The summed E-state index contributed by atoms with van der Waals surface area (Å²) in [6, 6.07) is 6.17. The van der Waals surface area contributed by atoms with Crippen molar-refractivity contribution in [2.75, 3.05) is 18.9 Å². The number of carbonyl (C=O) groups excluding carboxylic acids is 1. The van der Waals surface area contributed by atoms with Gasteiger partial charge < -0.3 is 10.1 Å². The molecule has 20 heavy (non-hydrogen) atoms. The lowest BCUT2D eigenvalue weighted by atomic mass is 10.2. The van der Waals surface area contributed by atoms with Crippen LogP contribution in [0.15, 0.2) is 29.2 Å². The molecule has 6 nitrogen and oxygen atoms in total. The van der Waals surface area contributed by atoms with Gasteiger partial charge in [-0.15, -0.1) is 11.8 Å². The summed E-state index contributed by atoms with van der Waals surface area (Å²) in [5.74, 6) is 0.244. The third-order valence-corrected chi connectivity index (χ3v) is 3.98. The first-order valence-electron chi connectivity index (χ1n) is 6.41. The molecule has 0 aliphatic carbocycles. The Morgan fingerprint density at radius 3 is 2.80 bits per heavy atom. The van der Waals surface area contributed by atoms with E-state index in [2.05, 4.69) is 5.32 Å². The normalized spacial score (nSPS) is 17.9. The van der Waals surface area contributed by atoms with Gasteiger partial charge in [0.05, 0.1) is 16.8 Å². The highest BCUT2D eigenvalue weighted by atomic mass is 32.2. The molecule has 1 saturated heterocycles. The number of rotatable bonds is 6. The summed E-state index contributed by atoms with van der Waals surface area (Å²) in [7, 11) is 0. The van der Waals surface area contributed by atoms with Gasteiger partial charge >= 0.3 is 0 Å². The molecule has 2 rings (SSSR count). The third-order valence-electron chi connectivity index (χ3n) is 2.97. The highest BCUT2D eigenvalue weighted by molar-refractivity contribution is 8.00. The van der Waals surface area contributed by atoms with Crippen molar-refractivity contribution in [3.8, 4) is 0 Å². The van der Waals surface area contributed by atoms with E-state index in [1.807, 2.05) is 0 Å². The van der Waals surface area contributed by atoms with E-state index in [-0.39, 0.29) is 17.7 Å². The molecular weight excluding hydrogens is 280 g/mol. The van der Waals surface area contributed by atoms with Crippen LogP contribution in [0, 0.1) is 10.1 Å². The molecular formula is C13H16N2O4S. The van der Waals surface area contributed by atoms with Crippen LogP contribution < -0.4 is 5.32 Å². The van der Waals surface area contributed by atoms with Crippen LogP contribution in [-0.2, 0) is 9.53 Å². The Kier molecular flexibility index (Phi) is 5.37. The topological polar surface area (TPSA) is 81.5 Å². The summed E-state index contributed by atoms with van der Waals surface area (Å²) in [5, 5.41) is 13.3. The van der Waals surface area contributed by atoms with E-state index in [0.717, 1.165) is 24.3 Å². The van der Waals surface area contributed by atoms with Gasteiger partial charge in [0.15, 0.2) is 0 Å². The number of ether oxygens (including phenoxy) is 1. The smallest absolute Gasteiger partial charge is 0.269 e. The second-order valence-electron chi connectivity index (χ2n) is 4.48. The quantitative estimate of drug-likeness (QED) is 0.493. The summed E-state index contributed by atoms with van der Waals surface area (Å²) in [6.45, 7) is 1.33. The van der Waals surface area contributed by atoms with Gasteiger partial charge in [-0.3, -0.25) is 14.9 Å². The number of benzene rings is 1. The minimum absolute atomic E-state index is 0.0520. The van der Waals surface area contributed by atoms with Crippen molar-refractivity contribution in [2.45, 2.75) is 23.8 Å². The second-order valence-corrected chi connectivity index (χ2v) is 5.53. The SMILES string of the molecule is O=C(CSc1ccc([N+](=O)[O-])cc1)NC[C@H]1CCCO1. The highest BCUT2D eigenvalue weighted by Crippen LogP contribution is 2.21. The lowest BCUT2D eigenvalue weighted by Gasteiger charge is -2.10. The van der Waals surface area contributed by atoms with Crippen LogP contribution in [-0.4, -0.2) is 35.8 Å². The van der Waals surface area contributed by atoms with Crippen LogP contribution >= 0.6 is 11.8 Å². The predicted molar refractivity (Wildman–Crippen MR) is 75.8 cm³/mol. The van der Waals surface area contributed by atoms with Crippen LogP contribution in [0.5, 0.6) is 0 Å². The van der Waals surface area contributed by atoms with E-state index in [1.54, 1.807) is 12.1 Å². The summed E-state index contributed by atoms with van der Waals surface area (Å²) in [4.78, 5) is 22.6. The molecule has 1 aromatic rings. The van der Waals surface area contributed by atoms with Gasteiger partial charge in [0.25, 0.3) is 5.69 Å². The molecule has 1 amide bonds. The first-order valence-corrected chi connectivity index (χ1v) is 7.39. The van der Waals surface area contributed by atoms with Gasteiger partial charge in [0.1, 0.15) is 0 Å². The number of nitrogens with one attached hydrogen (secondary N) is 1. The summed E-state index contributed by atoms with van der Waals surface area (Å²) in [5.41, 5.74) is 0.0529. The molecule has 0 unspecified atom stereocenters. The van der Waals surface area contributed by atoms with Crippen LogP contribution in [0.2, 0.25) is 0 Å². The van der Waals surface area contributed by atoms with Crippen molar-refractivity contribution in [1.29, 1.82) is 0 Å². The van der Waals surface area contributed by atoms with Crippen molar-refractivity contribution < 1.29 is 14.5 Å². The molecule has 1 fully saturated rings. The van der Waals surface area contributed by atoms with E-state index < -0.39 is 4.92 Å². The Hall–Kier alpha value is -1.60. The number of amides is 1. The monoisotopic (exact) mass is 296 g/mol. The van der Waals surface area contributed by atoms with E-state index in [9.17, 15) is 14.9 Å². The number of non-ortho nitro benzene ring substituents is 1. The maximum Gasteiger partial charge on any atom is 0.269 e. The molecule has 1 aromatic carbocycles.